The number of carboxylic acid groups (broad SMARTS) is 1. The van der Waals surface area contributed by atoms with E-state index in [0.29, 0.717) is 11.4 Å². The number of benzene rings is 3. The van der Waals surface area contributed by atoms with E-state index >= 15 is 0 Å². The first-order valence-corrected chi connectivity index (χ1v) is 14.1. The molecule has 1 aliphatic rings. The summed E-state index contributed by atoms with van der Waals surface area (Å²) < 4.78 is 10.8. The molecule has 206 valence electrons. The maximum Gasteiger partial charge on any atom is 0.335 e. The number of amides is 1. The molecule has 4 rings (SSSR count). The highest BCUT2D eigenvalue weighted by atomic mass is 35.6. The lowest BCUT2D eigenvalue weighted by Crippen LogP contribution is -2.38. The maximum absolute atomic E-state index is 12.0. The Kier molecular flexibility index (Phi) is 9.82. The minimum Gasteiger partial charge on any atom is -0.478 e. The van der Waals surface area contributed by atoms with Gasteiger partial charge in [0.25, 0.3) is 9.70 Å². The molecule has 3 N–H and O–H groups in total. The highest BCUT2D eigenvalue weighted by Crippen LogP contribution is 2.43. The molecule has 0 saturated carbocycles. The highest BCUT2D eigenvalue weighted by molar-refractivity contribution is 7.99. The zero-order valence-electron chi connectivity index (χ0n) is 20.7. The van der Waals surface area contributed by atoms with Gasteiger partial charge in [0, 0.05) is 27.8 Å². The van der Waals surface area contributed by atoms with Gasteiger partial charge in [-0.15, -0.1) is 11.8 Å². The van der Waals surface area contributed by atoms with Gasteiger partial charge in [-0.2, -0.15) is 0 Å². The van der Waals surface area contributed by atoms with Gasteiger partial charge in [-0.3, -0.25) is 4.79 Å². The molecule has 3 aromatic carbocycles. The molecule has 39 heavy (non-hydrogen) atoms. The van der Waals surface area contributed by atoms with Gasteiger partial charge < -0.3 is 25.0 Å². The summed E-state index contributed by atoms with van der Waals surface area (Å²) in [6.45, 7) is 2.02. The first-order chi connectivity index (χ1) is 18.5. The predicted molar refractivity (Wildman–Crippen MR) is 152 cm³/mol. The number of hydrogen-bond acceptors (Lipinski definition) is 6. The second-order valence-electron chi connectivity index (χ2n) is 9.04. The van der Waals surface area contributed by atoms with Crippen LogP contribution < -0.4 is 5.32 Å². The number of aliphatic hydroxyl groups is 1. The van der Waals surface area contributed by atoms with E-state index in [1.165, 1.54) is 0 Å². The number of carboxylic acids is 1. The Labute approximate surface area is 245 Å². The Balaban J connectivity index is 1.54. The van der Waals surface area contributed by atoms with Crippen molar-refractivity contribution in [3.8, 4) is 0 Å². The van der Waals surface area contributed by atoms with Crippen LogP contribution in [0.1, 0.15) is 46.4 Å². The second kappa shape index (κ2) is 12.9. The van der Waals surface area contributed by atoms with Crippen molar-refractivity contribution in [2.45, 2.75) is 40.7 Å². The summed E-state index contributed by atoms with van der Waals surface area (Å²) in [6, 6.07) is 21.2. The number of carbonyl (C=O) groups is 2. The maximum atomic E-state index is 12.0. The lowest BCUT2D eigenvalue weighted by molar-refractivity contribution is -0.268. The number of carbonyl (C=O) groups excluding carboxylic acids is 1. The van der Waals surface area contributed by atoms with E-state index in [0.717, 1.165) is 21.6 Å². The number of halogens is 3. The first-order valence-electron chi connectivity index (χ1n) is 12.0. The van der Waals surface area contributed by atoms with Crippen molar-refractivity contribution in [1.29, 1.82) is 0 Å². The van der Waals surface area contributed by atoms with Crippen LogP contribution in [0.25, 0.3) is 0 Å². The molecule has 0 unspecified atom stereocenters. The van der Waals surface area contributed by atoms with E-state index in [1.54, 1.807) is 60.3 Å². The van der Waals surface area contributed by atoms with Crippen molar-refractivity contribution in [1.82, 2.24) is 0 Å². The first kappa shape index (κ1) is 29.7. The van der Waals surface area contributed by atoms with Gasteiger partial charge in [0.1, 0.15) is 0 Å². The van der Waals surface area contributed by atoms with Crippen molar-refractivity contribution in [3.05, 3.63) is 95.1 Å². The van der Waals surface area contributed by atoms with E-state index in [1.807, 2.05) is 24.3 Å². The lowest BCUT2D eigenvalue weighted by Gasteiger charge is -2.41. The third-order valence-electron chi connectivity index (χ3n) is 6.34. The molecule has 1 amide bonds. The zero-order chi connectivity index (χ0) is 28.2. The molecule has 0 radical (unpaired) electrons. The van der Waals surface area contributed by atoms with Crippen LogP contribution in [-0.2, 0) is 20.9 Å². The molecule has 3 aromatic rings. The molecule has 0 bridgehead atoms. The fraction of sp³-hybridized carbons (Fsp3) is 0.286. The number of aliphatic hydroxyl groups excluding tert-OH is 1. The average molecular weight is 611 g/mol. The number of aromatic carboxylic acids is 1. The van der Waals surface area contributed by atoms with E-state index in [9.17, 15) is 14.7 Å². The smallest absolute Gasteiger partial charge is 0.335 e. The molecule has 11 heteroatoms. The molecule has 0 aromatic heterocycles. The molecule has 1 heterocycles. The Morgan fingerprint density at radius 3 is 2.10 bits per heavy atom. The quantitative estimate of drug-likeness (QED) is 0.191. The van der Waals surface area contributed by atoms with Crippen LogP contribution in [0.15, 0.2) is 77.7 Å². The summed E-state index contributed by atoms with van der Waals surface area (Å²) in [5.74, 6) is -1.14. The highest BCUT2D eigenvalue weighted by Gasteiger charge is 2.38. The summed E-state index contributed by atoms with van der Waals surface area (Å²) in [5, 5.41) is 21.1. The van der Waals surface area contributed by atoms with Gasteiger partial charge in [-0.05, 0) is 47.5 Å². The van der Waals surface area contributed by atoms with E-state index in [2.05, 4.69) is 12.2 Å². The number of nitrogens with one attached hydrogen (secondary N) is 1. The van der Waals surface area contributed by atoms with Crippen molar-refractivity contribution >= 4 is 64.1 Å². The van der Waals surface area contributed by atoms with Crippen molar-refractivity contribution in [3.63, 3.8) is 0 Å². The summed E-state index contributed by atoms with van der Waals surface area (Å²) in [4.78, 5) is 24.1. The molecule has 1 saturated heterocycles. The third-order valence-corrected chi connectivity index (χ3v) is 7.95. The van der Waals surface area contributed by atoms with Gasteiger partial charge >= 0.3 is 5.97 Å². The van der Waals surface area contributed by atoms with Gasteiger partial charge in [0.2, 0.25) is 0 Å². The second-order valence-corrected chi connectivity index (χ2v) is 12.4. The summed E-state index contributed by atoms with van der Waals surface area (Å²) in [5.41, 5.74) is 3.19. The van der Waals surface area contributed by atoms with Crippen LogP contribution >= 0.6 is 46.6 Å². The number of rotatable bonds is 8. The van der Waals surface area contributed by atoms with Crippen LogP contribution in [0.4, 0.5) is 5.69 Å². The van der Waals surface area contributed by atoms with Gasteiger partial charge in [-0.1, -0.05) is 78.1 Å². The van der Waals surface area contributed by atoms with Crippen LogP contribution in [0, 0.1) is 5.92 Å². The summed E-state index contributed by atoms with van der Waals surface area (Å²) in [6.07, 6.45) is -1.19. The van der Waals surface area contributed by atoms with Crippen LogP contribution in [0.2, 0.25) is 0 Å². The third kappa shape index (κ3) is 7.67. The minimum absolute atomic E-state index is 0.0186. The minimum atomic E-state index is -2.08. The number of alkyl halides is 3. The van der Waals surface area contributed by atoms with E-state index in [4.69, 9.17) is 49.4 Å². The largest absolute Gasteiger partial charge is 0.478 e. The molecular weight excluding hydrogens is 585 g/mol. The van der Waals surface area contributed by atoms with Crippen molar-refractivity contribution < 1.29 is 29.3 Å². The number of thioether (sulfide) groups is 1. The van der Waals surface area contributed by atoms with Crippen LogP contribution in [0.5, 0.6) is 0 Å². The topological polar surface area (TPSA) is 105 Å². The standard InChI is InChI=1S/C28H26Cl3NO6S/c1-16-23(15-39-22-12-8-19(9-13-22)25(34)35)37-26(38-24(16)18-4-2-17(14-33)3-5-18)20-6-10-21(11-7-20)32-27(36)28(29,30)31/h2-13,16,23-24,26,33H,14-15H2,1H3,(H,32,36)(H,34,35)/t16-,23+,24+,26+/m0/s1. The summed E-state index contributed by atoms with van der Waals surface area (Å²) in [7, 11) is 0. The molecule has 1 fully saturated rings. The number of ether oxygens (including phenoxy) is 2. The molecule has 7 nitrogen and oxygen atoms in total. The Morgan fingerprint density at radius 2 is 1.54 bits per heavy atom. The van der Waals surface area contributed by atoms with Gasteiger partial charge in [-0.25, -0.2) is 4.79 Å². The Bertz CT molecular complexity index is 1280. The Hall–Kier alpha value is -2.30. The van der Waals surface area contributed by atoms with Crippen molar-refractivity contribution in [2.24, 2.45) is 5.92 Å². The fourth-order valence-electron chi connectivity index (χ4n) is 4.11. The SMILES string of the molecule is C[C@H]1[C@@H](CSc2ccc(C(=O)O)cc2)O[C@@H](c2ccc(NC(=O)C(Cl)(Cl)Cl)cc2)O[C@H]1c1ccc(CO)cc1. The summed E-state index contributed by atoms with van der Waals surface area (Å²) >= 11 is 18.5. The number of hydrogen-bond donors (Lipinski definition) is 3. The molecular formula is C28H26Cl3NO6S. The van der Waals surface area contributed by atoms with Gasteiger partial charge in [0.15, 0.2) is 6.29 Å². The molecule has 1 aliphatic heterocycles. The normalized spacial score (nSPS) is 21.4. The monoisotopic (exact) mass is 609 g/mol. The van der Waals surface area contributed by atoms with Crippen LogP contribution in [0.3, 0.4) is 0 Å². The van der Waals surface area contributed by atoms with Gasteiger partial charge in [0.05, 0.1) is 24.4 Å². The Morgan fingerprint density at radius 1 is 0.923 bits per heavy atom. The molecule has 0 spiro atoms. The zero-order valence-corrected chi connectivity index (χ0v) is 23.8. The predicted octanol–water partition coefficient (Wildman–Crippen LogP) is 6.77. The lowest BCUT2D eigenvalue weighted by atomic mass is 9.91. The van der Waals surface area contributed by atoms with E-state index < -0.39 is 22.0 Å². The van der Waals surface area contributed by atoms with E-state index in [-0.39, 0.29) is 30.3 Å². The van der Waals surface area contributed by atoms with Crippen LogP contribution in [-0.4, -0.2) is 37.7 Å². The number of anilines is 1. The van der Waals surface area contributed by atoms with Crippen molar-refractivity contribution in [2.75, 3.05) is 11.1 Å². The molecule has 4 atom stereocenters. The fourth-order valence-corrected chi connectivity index (χ4v) is 5.32. The average Bonchev–Trinajstić information content (AvgIpc) is 2.92. The molecule has 0 aliphatic carbocycles.